The molecule has 0 aliphatic carbocycles. The highest BCUT2D eigenvalue weighted by atomic mass is 32.1. The number of aryl methyl sites for hydroxylation is 1. The lowest BCUT2D eigenvalue weighted by molar-refractivity contribution is 0.109. The van der Waals surface area contributed by atoms with Crippen molar-refractivity contribution in [3.05, 3.63) is 29.6 Å². The molecule has 2 nitrogen and oxygen atoms in total. The van der Waals surface area contributed by atoms with E-state index >= 15 is 0 Å². The Kier molecular flexibility index (Phi) is 5.40. The summed E-state index contributed by atoms with van der Waals surface area (Å²) < 4.78 is 0. The van der Waals surface area contributed by atoms with Crippen molar-refractivity contribution in [2.24, 2.45) is 0 Å². The Hall–Kier alpha value is -0.830. The zero-order valence-electron chi connectivity index (χ0n) is 9.07. The Bertz CT molecular complexity index is 325. The van der Waals surface area contributed by atoms with Gasteiger partial charge in [-0.25, -0.2) is 0 Å². The van der Waals surface area contributed by atoms with Crippen LogP contribution in [0.3, 0.4) is 0 Å². The van der Waals surface area contributed by atoms with Gasteiger partial charge in [-0.1, -0.05) is 26.2 Å². The fraction of sp³-hybridized carbons (Fsp3) is 0.500. The van der Waals surface area contributed by atoms with E-state index < -0.39 is 0 Å². The van der Waals surface area contributed by atoms with Gasteiger partial charge >= 0.3 is 0 Å². The van der Waals surface area contributed by atoms with E-state index in [-0.39, 0.29) is 5.12 Å². The van der Waals surface area contributed by atoms with Crippen LogP contribution in [-0.2, 0) is 6.42 Å². The van der Waals surface area contributed by atoms with Gasteiger partial charge in [-0.3, -0.25) is 9.78 Å². The summed E-state index contributed by atoms with van der Waals surface area (Å²) in [6, 6.07) is 1.91. The van der Waals surface area contributed by atoms with E-state index in [0.29, 0.717) is 5.56 Å². The highest BCUT2D eigenvalue weighted by Crippen LogP contribution is 2.13. The molecule has 0 spiro atoms. The molecule has 1 heterocycles. The molecule has 0 N–H and O–H groups in total. The predicted octanol–water partition coefficient (Wildman–Crippen LogP) is 3.27. The summed E-state index contributed by atoms with van der Waals surface area (Å²) in [7, 11) is 0. The smallest absolute Gasteiger partial charge is 0.218 e. The van der Waals surface area contributed by atoms with Crippen LogP contribution in [0.1, 0.15) is 48.5 Å². The normalized spacial score (nSPS) is 10.3. The summed E-state index contributed by atoms with van der Waals surface area (Å²) in [4.78, 5) is 15.1. The molecule has 0 unspecified atom stereocenters. The van der Waals surface area contributed by atoms with Crippen LogP contribution in [0.4, 0.5) is 0 Å². The molecule has 0 fully saturated rings. The van der Waals surface area contributed by atoms with Gasteiger partial charge in [0.25, 0.3) is 0 Å². The number of rotatable bonds is 6. The van der Waals surface area contributed by atoms with Gasteiger partial charge < -0.3 is 0 Å². The summed E-state index contributed by atoms with van der Waals surface area (Å²) in [6.07, 6.45) is 9.12. The highest BCUT2D eigenvalue weighted by molar-refractivity contribution is 7.97. The number of hydrogen-bond acceptors (Lipinski definition) is 2. The number of unbranched alkanes of at least 4 members (excludes halogenated alkanes) is 3. The molecule has 0 amide bonds. The first-order chi connectivity index (χ1) is 7.25. The van der Waals surface area contributed by atoms with Crippen LogP contribution in [-0.4, -0.2) is 10.1 Å². The maximum Gasteiger partial charge on any atom is 0.218 e. The number of carbonyl (C=O) groups is 1. The minimum absolute atomic E-state index is 0.186. The van der Waals surface area contributed by atoms with Gasteiger partial charge in [-0.15, -0.1) is 12.6 Å². The van der Waals surface area contributed by atoms with Gasteiger partial charge in [0, 0.05) is 18.0 Å². The Morgan fingerprint density at radius 3 is 2.87 bits per heavy atom. The van der Waals surface area contributed by atoms with E-state index in [1.165, 1.54) is 19.3 Å². The third-order valence-electron chi connectivity index (χ3n) is 2.44. The van der Waals surface area contributed by atoms with E-state index in [4.69, 9.17) is 0 Å². The maximum absolute atomic E-state index is 11.2. The van der Waals surface area contributed by atoms with Crippen LogP contribution < -0.4 is 0 Å². The largest absolute Gasteiger partial charge is 0.282 e. The fourth-order valence-electron chi connectivity index (χ4n) is 1.58. The van der Waals surface area contributed by atoms with Crippen LogP contribution in [0, 0.1) is 0 Å². The highest BCUT2D eigenvalue weighted by Gasteiger charge is 2.06. The minimum atomic E-state index is -0.186. The molecule has 0 radical (unpaired) electrons. The SMILES string of the molecule is CCCCCCc1ccncc1C(=O)S. The van der Waals surface area contributed by atoms with Gasteiger partial charge in [0.05, 0.1) is 0 Å². The van der Waals surface area contributed by atoms with Crippen molar-refractivity contribution >= 4 is 17.7 Å². The molecule has 0 aliphatic heterocycles. The molecule has 0 atom stereocenters. The lowest BCUT2D eigenvalue weighted by Crippen LogP contribution is -1.98. The predicted molar refractivity (Wildman–Crippen MR) is 65.4 cm³/mol. The molecule has 82 valence electrons. The first kappa shape index (κ1) is 12.2. The van der Waals surface area contributed by atoms with Crippen molar-refractivity contribution < 1.29 is 4.79 Å². The molecule has 0 aliphatic rings. The van der Waals surface area contributed by atoms with Crippen LogP contribution in [0.2, 0.25) is 0 Å². The molecule has 0 bridgehead atoms. The van der Waals surface area contributed by atoms with Crippen molar-refractivity contribution in [3.8, 4) is 0 Å². The molecule has 15 heavy (non-hydrogen) atoms. The molecule has 1 rings (SSSR count). The molecule has 0 saturated carbocycles. The number of pyridine rings is 1. The molecular formula is C12H17NOS. The molecular weight excluding hydrogens is 206 g/mol. The Morgan fingerprint density at radius 2 is 2.20 bits per heavy atom. The summed E-state index contributed by atoms with van der Waals surface area (Å²) >= 11 is 3.84. The molecule has 0 saturated heterocycles. The quantitative estimate of drug-likeness (QED) is 0.592. The van der Waals surface area contributed by atoms with Crippen molar-refractivity contribution in [1.29, 1.82) is 0 Å². The number of thiol groups is 1. The van der Waals surface area contributed by atoms with Gasteiger partial charge in [-0.05, 0) is 24.5 Å². The van der Waals surface area contributed by atoms with E-state index in [1.54, 1.807) is 12.4 Å². The van der Waals surface area contributed by atoms with E-state index in [1.807, 2.05) is 6.07 Å². The topological polar surface area (TPSA) is 30.0 Å². The summed E-state index contributed by atoms with van der Waals surface area (Å²) in [5.41, 5.74) is 1.72. The average Bonchev–Trinajstić information content (AvgIpc) is 2.25. The zero-order chi connectivity index (χ0) is 11.1. The minimum Gasteiger partial charge on any atom is -0.282 e. The summed E-state index contributed by atoms with van der Waals surface area (Å²) in [6.45, 7) is 2.19. The van der Waals surface area contributed by atoms with Crippen molar-refractivity contribution in [1.82, 2.24) is 4.98 Å². The summed E-state index contributed by atoms with van der Waals surface area (Å²) in [5.74, 6) is 0. The molecule has 3 heteroatoms. The second-order valence-electron chi connectivity index (χ2n) is 3.65. The first-order valence-corrected chi connectivity index (χ1v) is 5.86. The van der Waals surface area contributed by atoms with Crippen molar-refractivity contribution in [2.45, 2.75) is 39.0 Å². The lowest BCUT2D eigenvalue weighted by Gasteiger charge is -2.04. The van der Waals surface area contributed by atoms with Crippen molar-refractivity contribution in [2.75, 3.05) is 0 Å². The Morgan fingerprint density at radius 1 is 1.40 bits per heavy atom. The van der Waals surface area contributed by atoms with E-state index in [2.05, 4.69) is 24.5 Å². The van der Waals surface area contributed by atoms with Crippen LogP contribution in [0.25, 0.3) is 0 Å². The van der Waals surface area contributed by atoms with Gasteiger partial charge in [-0.2, -0.15) is 0 Å². The second kappa shape index (κ2) is 6.62. The maximum atomic E-state index is 11.2. The van der Waals surface area contributed by atoms with Gasteiger partial charge in [0.2, 0.25) is 5.12 Å². The lowest BCUT2D eigenvalue weighted by atomic mass is 10.0. The third kappa shape index (κ3) is 4.04. The van der Waals surface area contributed by atoms with Crippen molar-refractivity contribution in [3.63, 3.8) is 0 Å². The van der Waals surface area contributed by atoms with Gasteiger partial charge in [0.1, 0.15) is 0 Å². The van der Waals surface area contributed by atoms with Crippen LogP contribution in [0.5, 0.6) is 0 Å². The Labute approximate surface area is 96.5 Å². The number of hydrogen-bond donors (Lipinski definition) is 1. The fourth-order valence-corrected chi connectivity index (χ4v) is 1.78. The van der Waals surface area contributed by atoms with E-state index in [0.717, 1.165) is 18.4 Å². The van der Waals surface area contributed by atoms with Gasteiger partial charge in [0.15, 0.2) is 0 Å². The van der Waals surface area contributed by atoms with E-state index in [9.17, 15) is 4.79 Å². The van der Waals surface area contributed by atoms with Crippen LogP contribution in [0.15, 0.2) is 18.5 Å². The standard InChI is InChI=1S/C12H17NOS/c1-2-3-4-5-6-10-7-8-13-9-11(10)12(14)15/h7-9H,2-6H2,1H3,(H,14,15). The molecule has 0 aromatic carbocycles. The first-order valence-electron chi connectivity index (χ1n) is 5.42. The zero-order valence-corrected chi connectivity index (χ0v) is 9.96. The number of carbonyl (C=O) groups excluding carboxylic acids is 1. The summed E-state index contributed by atoms with van der Waals surface area (Å²) in [5, 5.41) is -0.186. The second-order valence-corrected chi connectivity index (χ2v) is 4.05. The number of aromatic nitrogens is 1. The molecule has 1 aromatic heterocycles. The molecule has 1 aromatic rings. The monoisotopic (exact) mass is 223 g/mol. The average molecular weight is 223 g/mol. The Balaban J connectivity index is 2.56. The third-order valence-corrected chi connectivity index (χ3v) is 2.68. The number of nitrogens with zero attached hydrogens (tertiary/aromatic N) is 1. The van der Waals surface area contributed by atoms with Crippen LogP contribution >= 0.6 is 12.6 Å².